The Morgan fingerprint density at radius 1 is 1.36 bits per heavy atom. The maximum atomic E-state index is 10.9. The zero-order chi connectivity index (χ0) is 9.97. The molecule has 1 fully saturated rings. The van der Waals surface area contributed by atoms with Gasteiger partial charge in [0.15, 0.2) is 5.17 Å². The summed E-state index contributed by atoms with van der Waals surface area (Å²) in [7, 11) is 2.12. The summed E-state index contributed by atoms with van der Waals surface area (Å²) in [5.41, 5.74) is 0. The lowest BCUT2D eigenvalue weighted by Crippen LogP contribution is -2.48. The summed E-state index contributed by atoms with van der Waals surface area (Å²) >= 11 is 1.34. The Morgan fingerprint density at radius 3 is 2.64 bits per heavy atom. The molecule has 0 bridgehead atoms. The van der Waals surface area contributed by atoms with Crippen LogP contribution in [0, 0.1) is 0 Å². The van der Waals surface area contributed by atoms with Gasteiger partial charge in [0, 0.05) is 38.1 Å². The highest BCUT2D eigenvalue weighted by molar-refractivity contribution is 8.12. The van der Waals surface area contributed by atoms with Gasteiger partial charge in [-0.05, 0) is 7.05 Å². The van der Waals surface area contributed by atoms with Gasteiger partial charge < -0.3 is 9.80 Å². The molecule has 0 atom stereocenters. The Balaban J connectivity index is 1.92. The van der Waals surface area contributed by atoms with Gasteiger partial charge in [-0.3, -0.25) is 14.5 Å². The lowest BCUT2D eigenvalue weighted by Gasteiger charge is -2.34. The molecule has 2 heterocycles. The average molecular weight is 214 g/mol. The van der Waals surface area contributed by atoms with Crippen LogP contribution < -0.4 is 4.72 Å². The van der Waals surface area contributed by atoms with Crippen molar-refractivity contribution in [3.8, 4) is 0 Å². The number of amides is 1. The molecule has 0 saturated carbocycles. The van der Waals surface area contributed by atoms with Crippen molar-refractivity contribution in [1.82, 2.24) is 14.5 Å². The van der Waals surface area contributed by atoms with Crippen molar-refractivity contribution in [2.24, 2.45) is 4.99 Å². The zero-order valence-corrected chi connectivity index (χ0v) is 9.01. The third-order valence-electron chi connectivity index (χ3n) is 2.39. The summed E-state index contributed by atoms with van der Waals surface area (Å²) in [4.78, 5) is 19.6. The number of carbonyl (C=O) groups is 1. The molecule has 0 aliphatic carbocycles. The molecule has 0 spiro atoms. The highest BCUT2D eigenvalue weighted by Crippen LogP contribution is 2.11. The predicted octanol–water partition coefficient (Wildman–Crippen LogP) is -0.632. The van der Waals surface area contributed by atoms with Gasteiger partial charge in [0.2, 0.25) is 0 Å². The molecule has 0 aromatic carbocycles. The van der Waals surface area contributed by atoms with Gasteiger partial charge >= 0.3 is 0 Å². The van der Waals surface area contributed by atoms with Crippen LogP contribution in [0.15, 0.2) is 4.99 Å². The quantitative estimate of drug-likeness (QED) is 0.545. The van der Waals surface area contributed by atoms with Crippen LogP contribution in [0.5, 0.6) is 0 Å². The van der Waals surface area contributed by atoms with E-state index >= 15 is 0 Å². The van der Waals surface area contributed by atoms with E-state index in [0.717, 1.165) is 31.3 Å². The number of hydrogen-bond donors (Lipinski definition) is 1. The first kappa shape index (κ1) is 9.79. The second-order valence-corrected chi connectivity index (χ2v) is 4.29. The first-order valence-corrected chi connectivity index (χ1v) is 5.51. The van der Waals surface area contributed by atoms with Gasteiger partial charge in [0.05, 0.1) is 0 Å². The minimum atomic E-state index is -0.00659. The van der Waals surface area contributed by atoms with Crippen LogP contribution in [0.4, 0.5) is 0 Å². The van der Waals surface area contributed by atoms with E-state index in [0.29, 0.717) is 0 Å². The van der Waals surface area contributed by atoms with Crippen LogP contribution in [0.25, 0.3) is 0 Å². The minimum Gasteiger partial charge on any atom is -0.347 e. The number of rotatable bonds is 0. The largest absolute Gasteiger partial charge is 0.347 e. The van der Waals surface area contributed by atoms with E-state index in [2.05, 4.69) is 26.6 Å². The predicted molar refractivity (Wildman–Crippen MR) is 57.1 cm³/mol. The zero-order valence-electron chi connectivity index (χ0n) is 8.19. The Hall–Kier alpha value is -0.750. The highest BCUT2D eigenvalue weighted by atomic mass is 32.2. The lowest BCUT2D eigenvalue weighted by molar-refractivity contribution is -0.117. The second-order valence-electron chi connectivity index (χ2n) is 3.52. The summed E-state index contributed by atoms with van der Waals surface area (Å²) in [6, 6.07) is 0. The topological polar surface area (TPSA) is 47.9 Å². The molecule has 0 unspecified atom stereocenters. The van der Waals surface area contributed by atoms with E-state index in [-0.39, 0.29) is 12.5 Å². The molecule has 1 N–H and O–H groups in total. The standard InChI is InChI=1S/C8H14N4OS/c1-11-2-4-12(5-3-11)8-9-6-7(13)10-14-8/h2-6H2,1H3,(H,10,13). The van der Waals surface area contributed by atoms with Gasteiger partial charge in [0.25, 0.3) is 5.91 Å². The molecule has 6 heteroatoms. The number of likely N-dealkylation sites (N-methyl/N-ethyl adjacent to an activating group) is 1. The summed E-state index contributed by atoms with van der Waals surface area (Å²) in [6.45, 7) is 4.39. The van der Waals surface area contributed by atoms with Crippen molar-refractivity contribution in [2.45, 2.75) is 0 Å². The maximum Gasteiger partial charge on any atom is 0.251 e. The number of nitrogens with one attached hydrogen (secondary N) is 1. The number of aliphatic imine (C=N–C) groups is 1. The van der Waals surface area contributed by atoms with E-state index in [1.54, 1.807) is 0 Å². The number of amidine groups is 1. The van der Waals surface area contributed by atoms with Gasteiger partial charge in [-0.2, -0.15) is 0 Å². The van der Waals surface area contributed by atoms with Crippen molar-refractivity contribution in [1.29, 1.82) is 0 Å². The Morgan fingerprint density at radius 2 is 2.07 bits per heavy atom. The van der Waals surface area contributed by atoms with Gasteiger partial charge in [-0.15, -0.1) is 0 Å². The van der Waals surface area contributed by atoms with Crippen LogP contribution in [0.2, 0.25) is 0 Å². The molecule has 14 heavy (non-hydrogen) atoms. The summed E-state index contributed by atoms with van der Waals surface area (Å²) in [5.74, 6) is -0.00659. The molecule has 0 aromatic rings. The van der Waals surface area contributed by atoms with E-state index < -0.39 is 0 Å². The van der Waals surface area contributed by atoms with Crippen molar-refractivity contribution in [3.05, 3.63) is 0 Å². The third kappa shape index (κ3) is 2.19. The molecule has 2 aliphatic heterocycles. The SMILES string of the molecule is CN1CCN(C2=NCC(=O)NS2)CC1. The number of nitrogens with zero attached hydrogens (tertiary/aromatic N) is 3. The summed E-state index contributed by atoms with van der Waals surface area (Å²) in [6.07, 6.45) is 0. The molecule has 78 valence electrons. The monoisotopic (exact) mass is 214 g/mol. The Labute approximate surface area is 87.7 Å². The molecule has 2 aliphatic rings. The molecular weight excluding hydrogens is 200 g/mol. The first-order valence-electron chi connectivity index (χ1n) is 4.69. The van der Waals surface area contributed by atoms with Crippen molar-refractivity contribution >= 4 is 23.0 Å². The molecule has 0 radical (unpaired) electrons. The molecule has 1 saturated heterocycles. The number of hydrogen-bond acceptors (Lipinski definition) is 5. The van der Waals surface area contributed by atoms with E-state index in [1.807, 2.05) is 0 Å². The average Bonchev–Trinajstić information content (AvgIpc) is 2.21. The Kier molecular flexibility index (Phi) is 2.93. The van der Waals surface area contributed by atoms with Crippen molar-refractivity contribution in [2.75, 3.05) is 39.8 Å². The van der Waals surface area contributed by atoms with Gasteiger partial charge in [-0.25, -0.2) is 0 Å². The molecule has 0 aromatic heterocycles. The molecular formula is C8H14N4OS. The highest BCUT2D eigenvalue weighted by Gasteiger charge is 2.21. The second kappa shape index (κ2) is 4.18. The van der Waals surface area contributed by atoms with Crippen molar-refractivity contribution in [3.63, 3.8) is 0 Å². The summed E-state index contributed by atoms with van der Waals surface area (Å²) in [5, 5.41) is 0.956. The van der Waals surface area contributed by atoms with Gasteiger partial charge in [0.1, 0.15) is 6.54 Å². The van der Waals surface area contributed by atoms with E-state index in [9.17, 15) is 4.79 Å². The number of piperazine rings is 1. The fourth-order valence-corrected chi connectivity index (χ4v) is 2.18. The van der Waals surface area contributed by atoms with Crippen LogP contribution in [-0.4, -0.2) is 60.6 Å². The summed E-state index contributed by atoms with van der Waals surface area (Å²) < 4.78 is 2.73. The fraction of sp³-hybridized carbons (Fsp3) is 0.750. The fourth-order valence-electron chi connectivity index (χ4n) is 1.47. The first-order chi connectivity index (χ1) is 6.75. The molecule has 1 amide bonds. The van der Waals surface area contributed by atoms with Crippen molar-refractivity contribution < 1.29 is 4.79 Å². The smallest absolute Gasteiger partial charge is 0.251 e. The minimum absolute atomic E-state index is 0.00659. The molecule has 5 nitrogen and oxygen atoms in total. The normalized spacial score (nSPS) is 24.5. The molecule has 2 rings (SSSR count). The third-order valence-corrected chi connectivity index (χ3v) is 3.29. The van der Waals surface area contributed by atoms with Crippen LogP contribution in [0.3, 0.4) is 0 Å². The van der Waals surface area contributed by atoms with Crippen LogP contribution >= 0.6 is 11.9 Å². The number of carbonyl (C=O) groups excluding carboxylic acids is 1. The van der Waals surface area contributed by atoms with Crippen LogP contribution in [-0.2, 0) is 4.79 Å². The van der Waals surface area contributed by atoms with E-state index in [4.69, 9.17) is 0 Å². The van der Waals surface area contributed by atoms with E-state index in [1.165, 1.54) is 11.9 Å². The van der Waals surface area contributed by atoms with Gasteiger partial charge in [-0.1, -0.05) is 0 Å². The Bertz CT molecular complexity index is 260. The lowest BCUT2D eigenvalue weighted by atomic mass is 10.3. The van der Waals surface area contributed by atoms with Crippen LogP contribution in [0.1, 0.15) is 0 Å². The maximum absolute atomic E-state index is 10.9.